The van der Waals surface area contributed by atoms with E-state index in [1.807, 2.05) is 31.3 Å². The van der Waals surface area contributed by atoms with Gasteiger partial charge < -0.3 is 5.32 Å². The molecule has 2 aromatic rings. The van der Waals surface area contributed by atoms with Gasteiger partial charge in [-0.2, -0.15) is 0 Å². The monoisotopic (exact) mass is 367 g/mol. The van der Waals surface area contributed by atoms with Gasteiger partial charge in [0.15, 0.2) is 0 Å². The summed E-state index contributed by atoms with van der Waals surface area (Å²) in [6, 6.07) is 6.50. The van der Waals surface area contributed by atoms with Crippen LogP contribution in [0.2, 0.25) is 5.02 Å². The fraction of sp³-hybridized carbons (Fsp3) is 0.438. The first kappa shape index (κ1) is 14.9. The molecular weight excluding hydrogens is 350 g/mol. The van der Waals surface area contributed by atoms with Crippen LogP contribution in [0, 0.1) is 6.92 Å². The SMILES string of the molecule is Cc1cn(-c2ccc(Br)c(Cl)c2)c(NC2CCCCC2)n1. The van der Waals surface area contributed by atoms with Crippen molar-refractivity contribution in [2.75, 3.05) is 5.32 Å². The van der Waals surface area contributed by atoms with Gasteiger partial charge in [-0.3, -0.25) is 4.57 Å². The highest BCUT2D eigenvalue weighted by Gasteiger charge is 2.16. The Kier molecular flexibility index (Phi) is 4.55. The summed E-state index contributed by atoms with van der Waals surface area (Å²) in [7, 11) is 0. The van der Waals surface area contributed by atoms with Gasteiger partial charge in [0.25, 0.3) is 0 Å². The highest BCUT2D eigenvalue weighted by atomic mass is 79.9. The van der Waals surface area contributed by atoms with E-state index in [0.29, 0.717) is 11.1 Å². The zero-order valence-corrected chi connectivity index (χ0v) is 14.4. The number of anilines is 1. The van der Waals surface area contributed by atoms with E-state index in [9.17, 15) is 0 Å². The maximum atomic E-state index is 6.21. The third kappa shape index (κ3) is 3.43. The second-order valence-electron chi connectivity index (χ2n) is 5.65. The molecule has 0 unspecified atom stereocenters. The summed E-state index contributed by atoms with van der Waals surface area (Å²) in [5.74, 6) is 0.915. The van der Waals surface area contributed by atoms with Gasteiger partial charge in [0.1, 0.15) is 0 Å². The fourth-order valence-corrected chi connectivity index (χ4v) is 3.28. The Morgan fingerprint density at radius 3 is 2.76 bits per heavy atom. The average molecular weight is 369 g/mol. The number of nitrogens with one attached hydrogen (secondary N) is 1. The molecule has 0 spiro atoms. The molecule has 1 fully saturated rings. The first-order valence-corrected chi connectivity index (χ1v) is 8.58. The Hall–Kier alpha value is -1.00. The maximum absolute atomic E-state index is 6.21. The number of nitrogens with zero attached hydrogens (tertiary/aromatic N) is 2. The Morgan fingerprint density at radius 2 is 2.05 bits per heavy atom. The number of hydrogen-bond acceptors (Lipinski definition) is 2. The van der Waals surface area contributed by atoms with Crippen molar-refractivity contribution < 1.29 is 0 Å². The highest BCUT2D eigenvalue weighted by Crippen LogP contribution is 2.28. The lowest BCUT2D eigenvalue weighted by Crippen LogP contribution is -2.24. The molecule has 21 heavy (non-hydrogen) atoms. The van der Waals surface area contributed by atoms with Crippen LogP contribution in [0.25, 0.3) is 5.69 Å². The largest absolute Gasteiger partial charge is 0.353 e. The van der Waals surface area contributed by atoms with E-state index in [-0.39, 0.29) is 0 Å². The third-order valence-electron chi connectivity index (χ3n) is 3.95. The van der Waals surface area contributed by atoms with Gasteiger partial charge in [-0.1, -0.05) is 30.9 Å². The molecule has 1 aromatic carbocycles. The van der Waals surface area contributed by atoms with Crippen molar-refractivity contribution in [3.8, 4) is 5.69 Å². The van der Waals surface area contributed by atoms with Crippen LogP contribution in [0.3, 0.4) is 0 Å². The molecule has 112 valence electrons. The second kappa shape index (κ2) is 6.41. The highest BCUT2D eigenvalue weighted by molar-refractivity contribution is 9.10. The van der Waals surface area contributed by atoms with E-state index in [2.05, 4.69) is 30.8 Å². The van der Waals surface area contributed by atoms with Crippen LogP contribution in [0.15, 0.2) is 28.9 Å². The van der Waals surface area contributed by atoms with Crippen LogP contribution in [0.1, 0.15) is 37.8 Å². The maximum Gasteiger partial charge on any atom is 0.207 e. The zero-order chi connectivity index (χ0) is 14.8. The van der Waals surface area contributed by atoms with E-state index in [1.165, 1.54) is 32.1 Å². The third-order valence-corrected chi connectivity index (χ3v) is 5.18. The van der Waals surface area contributed by atoms with E-state index in [1.54, 1.807) is 0 Å². The zero-order valence-electron chi connectivity index (χ0n) is 12.1. The molecule has 0 bridgehead atoms. The van der Waals surface area contributed by atoms with E-state index in [4.69, 9.17) is 11.6 Å². The number of hydrogen-bond donors (Lipinski definition) is 1. The van der Waals surface area contributed by atoms with Crippen molar-refractivity contribution in [2.45, 2.75) is 45.1 Å². The number of halogens is 2. The number of rotatable bonds is 3. The van der Waals surface area contributed by atoms with Crippen LogP contribution >= 0.6 is 27.5 Å². The van der Waals surface area contributed by atoms with Crippen molar-refractivity contribution in [1.29, 1.82) is 0 Å². The minimum absolute atomic E-state index is 0.533. The summed E-state index contributed by atoms with van der Waals surface area (Å²) < 4.78 is 2.99. The van der Waals surface area contributed by atoms with Gasteiger partial charge in [-0.05, 0) is 53.9 Å². The Labute approximate surface area is 138 Å². The van der Waals surface area contributed by atoms with Crippen molar-refractivity contribution in [1.82, 2.24) is 9.55 Å². The molecule has 1 aliphatic rings. The molecule has 5 heteroatoms. The normalized spacial score (nSPS) is 16.1. The van der Waals surface area contributed by atoms with Crippen LogP contribution < -0.4 is 5.32 Å². The molecule has 0 atom stereocenters. The van der Waals surface area contributed by atoms with Gasteiger partial charge in [-0.25, -0.2) is 4.98 Å². The Bertz CT molecular complexity index is 632. The van der Waals surface area contributed by atoms with Crippen LogP contribution in [-0.2, 0) is 0 Å². The molecule has 1 heterocycles. The van der Waals surface area contributed by atoms with Crippen molar-refractivity contribution >= 4 is 33.5 Å². The molecule has 0 radical (unpaired) electrons. The molecule has 0 saturated heterocycles. The van der Waals surface area contributed by atoms with Gasteiger partial charge in [0.05, 0.1) is 16.4 Å². The summed E-state index contributed by atoms with van der Waals surface area (Å²) in [5, 5.41) is 4.31. The average Bonchev–Trinajstić information content (AvgIpc) is 2.84. The molecule has 0 aliphatic heterocycles. The lowest BCUT2D eigenvalue weighted by molar-refractivity contribution is 0.460. The van der Waals surface area contributed by atoms with Gasteiger partial charge in [-0.15, -0.1) is 0 Å². The standard InChI is InChI=1S/C16H19BrClN3/c1-11-10-21(13-7-8-14(17)15(18)9-13)16(19-11)20-12-5-3-2-4-6-12/h7-10,12H,2-6H2,1H3,(H,19,20). The van der Waals surface area contributed by atoms with E-state index in [0.717, 1.165) is 21.8 Å². The lowest BCUT2D eigenvalue weighted by Gasteiger charge is -2.23. The number of aryl methyl sites for hydroxylation is 1. The molecule has 1 N–H and O–H groups in total. The summed E-state index contributed by atoms with van der Waals surface area (Å²) >= 11 is 9.65. The second-order valence-corrected chi connectivity index (χ2v) is 6.92. The van der Waals surface area contributed by atoms with Gasteiger partial charge in [0, 0.05) is 16.7 Å². The number of imidazole rings is 1. The molecule has 1 saturated carbocycles. The molecular formula is C16H19BrClN3. The first-order valence-electron chi connectivity index (χ1n) is 7.41. The predicted molar refractivity (Wildman–Crippen MR) is 91.5 cm³/mol. The first-order chi connectivity index (χ1) is 10.1. The Morgan fingerprint density at radius 1 is 1.29 bits per heavy atom. The topological polar surface area (TPSA) is 29.9 Å². The fourth-order valence-electron chi connectivity index (χ4n) is 2.86. The molecule has 3 nitrogen and oxygen atoms in total. The predicted octanol–water partition coefficient (Wildman–Crippen LogP) is 5.34. The quantitative estimate of drug-likeness (QED) is 0.792. The van der Waals surface area contributed by atoms with Crippen LogP contribution in [0.5, 0.6) is 0 Å². The minimum atomic E-state index is 0.533. The molecule has 1 aromatic heterocycles. The molecule has 3 rings (SSSR count). The Balaban J connectivity index is 1.89. The van der Waals surface area contributed by atoms with Crippen LogP contribution in [0.4, 0.5) is 5.95 Å². The summed E-state index contributed by atoms with van der Waals surface area (Å²) in [4.78, 5) is 4.63. The van der Waals surface area contributed by atoms with Gasteiger partial charge in [0.2, 0.25) is 5.95 Å². The summed E-state index contributed by atoms with van der Waals surface area (Å²) in [6.45, 7) is 2.02. The van der Waals surface area contributed by atoms with Crippen molar-refractivity contribution in [3.05, 3.63) is 39.6 Å². The van der Waals surface area contributed by atoms with Gasteiger partial charge >= 0.3 is 0 Å². The van der Waals surface area contributed by atoms with Crippen molar-refractivity contribution in [3.63, 3.8) is 0 Å². The number of benzene rings is 1. The lowest BCUT2D eigenvalue weighted by atomic mass is 9.96. The van der Waals surface area contributed by atoms with E-state index < -0.39 is 0 Å². The van der Waals surface area contributed by atoms with Crippen LogP contribution in [-0.4, -0.2) is 15.6 Å². The summed E-state index contributed by atoms with van der Waals surface area (Å²) in [6.07, 6.45) is 8.47. The number of aromatic nitrogens is 2. The molecule has 0 amide bonds. The van der Waals surface area contributed by atoms with Crippen molar-refractivity contribution in [2.24, 2.45) is 0 Å². The smallest absolute Gasteiger partial charge is 0.207 e. The summed E-state index contributed by atoms with van der Waals surface area (Å²) in [5.41, 5.74) is 2.04. The minimum Gasteiger partial charge on any atom is -0.353 e. The van der Waals surface area contributed by atoms with E-state index >= 15 is 0 Å². The molecule has 1 aliphatic carbocycles.